The van der Waals surface area contributed by atoms with Crippen molar-refractivity contribution >= 4 is 22.4 Å². The van der Waals surface area contributed by atoms with Crippen LogP contribution in [0.15, 0.2) is 55.0 Å². The largest absolute Gasteiger partial charge is 0.497 e. The minimum absolute atomic E-state index is 0.808. The summed E-state index contributed by atoms with van der Waals surface area (Å²) in [4.78, 5) is 9.27. The van der Waals surface area contributed by atoms with Crippen molar-refractivity contribution in [1.29, 1.82) is 0 Å². The predicted molar refractivity (Wildman–Crippen MR) is 107 cm³/mol. The van der Waals surface area contributed by atoms with Gasteiger partial charge in [0, 0.05) is 36.2 Å². The summed E-state index contributed by atoms with van der Waals surface area (Å²) in [5.74, 6) is 0.844. The molecule has 6 nitrogen and oxygen atoms in total. The van der Waals surface area contributed by atoms with Gasteiger partial charge in [-0.3, -0.25) is 9.67 Å². The Kier molecular flexibility index (Phi) is 4.46. The number of nitrogens with one attached hydrogen (secondary N) is 1. The molecule has 0 unspecified atom stereocenters. The molecule has 2 aromatic heterocycles. The van der Waals surface area contributed by atoms with Crippen molar-refractivity contribution < 1.29 is 4.74 Å². The van der Waals surface area contributed by atoms with Gasteiger partial charge in [0.2, 0.25) is 0 Å². The van der Waals surface area contributed by atoms with Crippen molar-refractivity contribution in [1.82, 2.24) is 19.7 Å². The third kappa shape index (κ3) is 3.60. The van der Waals surface area contributed by atoms with E-state index in [2.05, 4.69) is 34.5 Å². The number of nitrogens with zero attached hydrogens (tertiary/aromatic N) is 4. The zero-order valence-corrected chi connectivity index (χ0v) is 15.6. The van der Waals surface area contributed by atoms with Gasteiger partial charge in [-0.25, -0.2) is 4.98 Å². The van der Waals surface area contributed by atoms with Crippen LogP contribution in [0.5, 0.6) is 5.75 Å². The van der Waals surface area contributed by atoms with E-state index in [1.165, 1.54) is 5.56 Å². The lowest BCUT2D eigenvalue weighted by atomic mass is 10.1. The van der Waals surface area contributed by atoms with E-state index in [0.717, 1.165) is 45.8 Å². The van der Waals surface area contributed by atoms with Crippen LogP contribution in [-0.2, 0) is 13.5 Å². The Morgan fingerprint density at radius 3 is 2.67 bits per heavy atom. The lowest BCUT2D eigenvalue weighted by molar-refractivity contribution is 0.414. The molecule has 0 aliphatic heterocycles. The molecule has 4 rings (SSSR count). The van der Waals surface area contributed by atoms with E-state index in [0.29, 0.717) is 0 Å². The number of hydrogen-bond acceptors (Lipinski definition) is 5. The molecule has 27 heavy (non-hydrogen) atoms. The van der Waals surface area contributed by atoms with E-state index < -0.39 is 0 Å². The van der Waals surface area contributed by atoms with Gasteiger partial charge in [-0.1, -0.05) is 6.92 Å². The van der Waals surface area contributed by atoms with E-state index >= 15 is 0 Å². The fourth-order valence-corrected chi connectivity index (χ4v) is 3.00. The van der Waals surface area contributed by atoms with Crippen molar-refractivity contribution in [2.75, 3.05) is 12.4 Å². The van der Waals surface area contributed by atoms with Crippen LogP contribution in [0.25, 0.3) is 22.3 Å². The number of anilines is 2. The minimum Gasteiger partial charge on any atom is -0.497 e. The van der Waals surface area contributed by atoms with Crippen LogP contribution >= 0.6 is 0 Å². The molecule has 0 saturated heterocycles. The summed E-state index contributed by atoms with van der Waals surface area (Å²) in [6.45, 7) is 2.13. The van der Waals surface area contributed by atoms with E-state index in [9.17, 15) is 0 Å². The molecule has 0 bridgehead atoms. The average molecular weight is 359 g/mol. The van der Waals surface area contributed by atoms with E-state index in [4.69, 9.17) is 9.72 Å². The molecule has 0 amide bonds. The number of benzene rings is 2. The molecule has 0 fully saturated rings. The third-order valence-electron chi connectivity index (χ3n) is 4.44. The average Bonchev–Trinajstić information content (AvgIpc) is 3.13. The molecule has 4 aromatic rings. The summed E-state index contributed by atoms with van der Waals surface area (Å²) in [5.41, 5.74) is 6.61. The third-order valence-corrected chi connectivity index (χ3v) is 4.44. The zero-order valence-electron chi connectivity index (χ0n) is 15.6. The van der Waals surface area contributed by atoms with Crippen LogP contribution in [0.1, 0.15) is 12.5 Å². The van der Waals surface area contributed by atoms with Crippen LogP contribution < -0.4 is 10.1 Å². The molecule has 0 atom stereocenters. The van der Waals surface area contributed by atoms with Gasteiger partial charge in [0.1, 0.15) is 5.75 Å². The Morgan fingerprint density at radius 2 is 1.93 bits per heavy atom. The fourth-order valence-electron chi connectivity index (χ4n) is 3.00. The van der Waals surface area contributed by atoms with Gasteiger partial charge in [-0.2, -0.15) is 5.10 Å². The number of fused-ring (bicyclic) bond motifs is 1. The molecule has 1 N–H and O–H groups in total. The molecule has 2 heterocycles. The van der Waals surface area contributed by atoms with E-state index in [1.807, 2.05) is 37.5 Å². The molecule has 2 aromatic carbocycles. The summed E-state index contributed by atoms with van der Waals surface area (Å²) in [6.07, 6.45) is 6.45. The summed E-state index contributed by atoms with van der Waals surface area (Å²) in [6, 6.07) is 12.2. The number of rotatable bonds is 5. The summed E-state index contributed by atoms with van der Waals surface area (Å²) in [7, 11) is 3.57. The van der Waals surface area contributed by atoms with Crippen LogP contribution in [0, 0.1) is 0 Å². The highest BCUT2D eigenvalue weighted by atomic mass is 16.5. The number of aromatic nitrogens is 4. The molecular weight excluding hydrogens is 338 g/mol. The highest BCUT2D eigenvalue weighted by Gasteiger charge is 2.07. The summed E-state index contributed by atoms with van der Waals surface area (Å²) in [5, 5.41) is 7.65. The number of ether oxygens (including phenoxy) is 1. The van der Waals surface area contributed by atoms with Crippen LogP contribution in [0.2, 0.25) is 0 Å². The Bertz CT molecular complexity index is 1080. The molecule has 136 valence electrons. The van der Waals surface area contributed by atoms with Gasteiger partial charge in [-0.15, -0.1) is 0 Å². The van der Waals surface area contributed by atoms with Gasteiger partial charge < -0.3 is 10.1 Å². The normalized spacial score (nSPS) is 10.9. The first-order valence-electron chi connectivity index (χ1n) is 8.85. The quantitative estimate of drug-likeness (QED) is 0.574. The lowest BCUT2D eigenvalue weighted by Crippen LogP contribution is -1.95. The first-order valence-corrected chi connectivity index (χ1v) is 8.85. The van der Waals surface area contributed by atoms with Gasteiger partial charge in [0.05, 0.1) is 36.2 Å². The van der Waals surface area contributed by atoms with Gasteiger partial charge in [0.15, 0.2) is 0 Å². The topological polar surface area (TPSA) is 64.9 Å². The SMILES string of the molecule is CCc1cc(Nc2ccc3ncc(-c4cnn(C)c4)nc3c2)cc(OC)c1. The van der Waals surface area contributed by atoms with Crippen molar-refractivity contribution in [2.45, 2.75) is 13.3 Å². The predicted octanol–water partition coefficient (Wildman–Crippen LogP) is 4.34. The maximum Gasteiger partial charge on any atom is 0.121 e. The molecule has 6 heteroatoms. The molecule has 0 aliphatic rings. The zero-order chi connectivity index (χ0) is 18.8. The minimum atomic E-state index is 0.808. The smallest absolute Gasteiger partial charge is 0.121 e. The molecule has 0 aliphatic carbocycles. The number of methoxy groups -OCH3 is 1. The van der Waals surface area contributed by atoms with Gasteiger partial charge >= 0.3 is 0 Å². The monoisotopic (exact) mass is 359 g/mol. The highest BCUT2D eigenvalue weighted by molar-refractivity contribution is 5.82. The van der Waals surface area contributed by atoms with E-state index in [-0.39, 0.29) is 0 Å². The maximum atomic E-state index is 5.40. The summed E-state index contributed by atoms with van der Waals surface area (Å²) < 4.78 is 7.16. The highest BCUT2D eigenvalue weighted by Crippen LogP contribution is 2.26. The Hall–Kier alpha value is -3.41. The molecule has 0 radical (unpaired) electrons. The van der Waals surface area contributed by atoms with E-state index in [1.54, 1.807) is 24.2 Å². The second kappa shape index (κ2) is 7.07. The Balaban J connectivity index is 1.68. The summed E-state index contributed by atoms with van der Waals surface area (Å²) >= 11 is 0. The fraction of sp³-hybridized carbons (Fsp3) is 0.190. The number of aryl methyl sites for hydroxylation is 2. The van der Waals surface area contributed by atoms with Crippen LogP contribution in [-0.4, -0.2) is 26.9 Å². The van der Waals surface area contributed by atoms with Crippen LogP contribution in [0.3, 0.4) is 0 Å². The van der Waals surface area contributed by atoms with Crippen molar-refractivity contribution in [3.63, 3.8) is 0 Å². The molecule has 0 spiro atoms. The second-order valence-corrected chi connectivity index (χ2v) is 6.41. The Morgan fingerprint density at radius 1 is 1.04 bits per heavy atom. The van der Waals surface area contributed by atoms with Crippen molar-refractivity contribution in [3.05, 3.63) is 60.6 Å². The second-order valence-electron chi connectivity index (χ2n) is 6.41. The van der Waals surface area contributed by atoms with Crippen LogP contribution in [0.4, 0.5) is 11.4 Å². The first kappa shape index (κ1) is 17.0. The van der Waals surface area contributed by atoms with Crippen molar-refractivity contribution in [2.24, 2.45) is 7.05 Å². The first-order chi connectivity index (χ1) is 13.1. The number of hydrogen-bond donors (Lipinski definition) is 1. The van der Waals surface area contributed by atoms with Gasteiger partial charge in [-0.05, 0) is 42.3 Å². The van der Waals surface area contributed by atoms with Crippen molar-refractivity contribution in [3.8, 4) is 17.0 Å². The van der Waals surface area contributed by atoms with Gasteiger partial charge in [0.25, 0.3) is 0 Å². The molecular formula is C21H21N5O. The lowest BCUT2D eigenvalue weighted by Gasteiger charge is -2.11. The standard InChI is InChI=1S/C21H21N5O/c1-4-14-7-17(9-18(8-14)27-3)24-16-5-6-19-20(10-16)25-21(12-22-19)15-11-23-26(2)13-15/h5-13,24H,4H2,1-3H3. The molecule has 0 saturated carbocycles. The Labute approximate surface area is 157 Å². The maximum absolute atomic E-state index is 5.40.